The Kier molecular flexibility index (Phi) is 2.49. The minimum Gasteiger partial charge on any atom is -0.393 e. The van der Waals surface area contributed by atoms with Crippen LogP contribution in [0.4, 0.5) is 4.39 Å². The van der Waals surface area contributed by atoms with Crippen LogP contribution in [0.25, 0.3) is 0 Å². The Bertz CT molecular complexity index is 224. The summed E-state index contributed by atoms with van der Waals surface area (Å²) in [5, 5.41) is 7.44. The van der Waals surface area contributed by atoms with E-state index in [9.17, 15) is 12.8 Å². The number of halogens is 1. The third-order valence-electron chi connectivity index (χ3n) is 1.96. The molecule has 1 rings (SSSR count). The summed E-state index contributed by atoms with van der Waals surface area (Å²) in [4.78, 5) is 0. The molecule has 0 bridgehead atoms. The highest BCUT2D eigenvalue weighted by Gasteiger charge is 2.37. The van der Waals surface area contributed by atoms with Gasteiger partial charge in [0.1, 0.15) is 6.17 Å². The normalized spacial score (nSPS) is 32.0. The second-order valence-corrected chi connectivity index (χ2v) is 5.09. The highest BCUT2D eigenvalue weighted by molar-refractivity contribution is 7.92. The lowest BCUT2D eigenvalue weighted by molar-refractivity contribution is 0.172. The fraction of sp³-hybridized carbons (Fsp3) is 1.00. The first-order chi connectivity index (χ1) is 5.08. The Labute approximate surface area is 65.1 Å². The summed E-state index contributed by atoms with van der Waals surface area (Å²) in [5.41, 5.74) is 0. The highest BCUT2D eigenvalue weighted by atomic mass is 32.2. The molecule has 3 nitrogen and oxygen atoms in total. The first kappa shape index (κ1) is 8.93. The van der Waals surface area contributed by atoms with E-state index in [1.807, 2.05) is 0 Å². The molecular formula is C6H11FO3S. The number of aliphatic hydroxyl groups excluding tert-OH is 1. The average Bonchev–Trinajstić information content (AvgIpc) is 2.28. The minimum atomic E-state index is -3.23. The summed E-state index contributed by atoms with van der Waals surface area (Å²) >= 11 is 0. The van der Waals surface area contributed by atoms with E-state index in [1.165, 1.54) is 0 Å². The summed E-state index contributed by atoms with van der Waals surface area (Å²) in [6.07, 6.45) is -0.722. The number of sulfone groups is 1. The quantitative estimate of drug-likeness (QED) is 0.648. The number of rotatable bonds is 2. The minimum absolute atomic E-state index is 0.0675. The molecule has 0 radical (unpaired) electrons. The van der Waals surface area contributed by atoms with E-state index in [0.29, 0.717) is 12.8 Å². The van der Waals surface area contributed by atoms with Gasteiger partial charge in [-0.15, -0.1) is 0 Å². The van der Waals surface area contributed by atoms with Crippen molar-refractivity contribution in [1.29, 1.82) is 0 Å². The Morgan fingerprint density at radius 1 is 1.64 bits per heavy atom. The predicted molar refractivity (Wildman–Crippen MR) is 38.8 cm³/mol. The Hall–Kier alpha value is -0.160. The zero-order chi connectivity index (χ0) is 8.48. The van der Waals surface area contributed by atoms with Gasteiger partial charge in [-0.25, -0.2) is 12.8 Å². The predicted octanol–water partition coefficient (Wildman–Crippen LogP) is -0.106. The van der Waals surface area contributed by atoms with Gasteiger partial charge >= 0.3 is 0 Å². The van der Waals surface area contributed by atoms with E-state index >= 15 is 0 Å². The number of hydrogen-bond acceptors (Lipinski definition) is 3. The molecule has 1 aliphatic rings. The molecule has 11 heavy (non-hydrogen) atoms. The molecule has 2 atom stereocenters. The van der Waals surface area contributed by atoms with Crippen LogP contribution < -0.4 is 0 Å². The van der Waals surface area contributed by atoms with Crippen molar-refractivity contribution in [2.45, 2.75) is 24.3 Å². The molecular weight excluding hydrogens is 171 g/mol. The molecule has 0 saturated carbocycles. The van der Waals surface area contributed by atoms with E-state index in [2.05, 4.69) is 0 Å². The lowest BCUT2D eigenvalue weighted by Crippen LogP contribution is -2.29. The average molecular weight is 182 g/mol. The van der Waals surface area contributed by atoms with E-state index < -0.39 is 27.9 Å². The third-order valence-corrected chi connectivity index (χ3v) is 4.27. The number of alkyl halides is 1. The second kappa shape index (κ2) is 3.06. The zero-order valence-electron chi connectivity index (χ0n) is 6.03. The van der Waals surface area contributed by atoms with Gasteiger partial charge in [0.15, 0.2) is 9.84 Å². The SMILES string of the molecule is O=S1(=O)CCCC1C(F)CO. The Morgan fingerprint density at radius 2 is 2.27 bits per heavy atom. The lowest BCUT2D eigenvalue weighted by Gasteiger charge is -2.11. The van der Waals surface area contributed by atoms with Crippen LogP contribution in [0.1, 0.15) is 12.8 Å². The molecule has 2 unspecified atom stereocenters. The van der Waals surface area contributed by atoms with Gasteiger partial charge in [-0.3, -0.25) is 0 Å². The van der Waals surface area contributed by atoms with Crippen LogP contribution in [0.15, 0.2) is 0 Å². The van der Waals surface area contributed by atoms with Crippen LogP contribution in [-0.2, 0) is 9.84 Å². The van der Waals surface area contributed by atoms with Crippen LogP contribution in [-0.4, -0.2) is 37.3 Å². The van der Waals surface area contributed by atoms with Crippen LogP contribution in [0.3, 0.4) is 0 Å². The molecule has 1 heterocycles. The molecule has 0 amide bonds. The van der Waals surface area contributed by atoms with E-state index in [1.54, 1.807) is 0 Å². The van der Waals surface area contributed by atoms with Crippen molar-refractivity contribution in [2.24, 2.45) is 0 Å². The smallest absolute Gasteiger partial charge is 0.156 e. The molecule has 1 saturated heterocycles. The molecule has 0 aromatic heterocycles. The monoisotopic (exact) mass is 182 g/mol. The van der Waals surface area contributed by atoms with Gasteiger partial charge in [0.05, 0.1) is 17.6 Å². The van der Waals surface area contributed by atoms with Gasteiger partial charge in [-0.1, -0.05) is 0 Å². The molecule has 66 valence electrons. The molecule has 0 aromatic carbocycles. The van der Waals surface area contributed by atoms with Crippen molar-refractivity contribution in [1.82, 2.24) is 0 Å². The van der Waals surface area contributed by atoms with E-state index in [-0.39, 0.29) is 5.75 Å². The zero-order valence-corrected chi connectivity index (χ0v) is 6.85. The van der Waals surface area contributed by atoms with Gasteiger partial charge in [0.2, 0.25) is 0 Å². The number of aliphatic hydroxyl groups is 1. The van der Waals surface area contributed by atoms with Gasteiger partial charge in [-0.2, -0.15) is 0 Å². The van der Waals surface area contributed by atoms with Crippen LogP contribution >= 0.6 is 0 Å². The van der Waals surface area contributed by atoms with Crippen LogP contribution in [0, 0.1) is 0 Å². The van der Waals surface area contributed by atoms with Gasteiger partial charge in [0, 0.05) is 0 Å². The van der Waals surface area contributed by atoms with Crippen molar-refractivity contribution in [3.63, 3.8) is 0 Å². The summed E-state index contributed by atoms with van der Waals surface area (Å²) in [5.74, 6) is 0.0675. The van der Waals surface area contributed by atoms with Gasteiger partial charge in [0.25, 0.3) is 0 Å². The van der Waals surface area contributed by atoms with Crippen LogP contribution in [0.2, 0.25) is 0 Å². The second-order valence-electron chi connectivity index (χ2n) is 2.75. The van der Waals surface area contributed by atoms with Crippen molar-refractivity contribution in [3.05, 3.63) is 0 Å². The van der Waals surface area contributed by atoms with Crippen LogP contribution in [0.5, 0.6) is 0 Å². The first-order valence-corrected chi connectivity index (χ1v) is 5.26. The Balaban J connectivity index is 2.73. The topological polar surface area (TPSA) is 54.4 Å². The molecule has 1 fully saturated rings. The molecule has 1 aliphatic heterocycles. The third kappa shape index (κ3) is 1.70. The number of hydrogen-bond donors (Lipinski definition) is 1. The lowest BCUT2D eigenvalue weighted by atomic mass is 10.2. The van der Waals surface area contributed by atoms with E-state index in [4.69, 9.17) is 5.11 Å². The molecule has 5 heteroatoms. The Morgan fingerprint density at radius 3 is 2.64 bits per heavy atom. The summed E-state index contributed by atoms with van der Waals surface area (Å²) < 4.78 is 34.7. The molecule has 1 N–H and O–H groups in total. The van der Waals surface area contributed by atoms with Crippen molar-refractivity contribution < 1.29 is 17.9 Å². The standard InChI is InChI=1S/C6H11FO3S/c7-5(4-8)6-2-1-3-11(6,9)10/h5-6,8H,1-4H2. The van der Waals surface area contributed by atoms with Crippen molar-refractivity contribution >= 4 is 9.84 Å². The van der Waals surface area contributed by atoms with Gasteiger partial charge < -0.3 is 5.11 Å². The molecule has 0 aromatic rings. The summed E-state index contributed by atoms with van der Waals surface area (Å²) in [6, 6.07) is 0. The van der Waals surface area contributed by atoms with Gasteiger partial charge in [-0.05, 0) is 12.8 Å². The summed E-state index contributed by atoms with van der Waals surface area (Å²) in [7, 11) is -3.23. The maximum absolute atomic E-state index is 12.7. The first-order valence-electron chi connectivity index (χ1n) is 3.54. The summed E-state index contributed by atoms with van der Waals surface area (Å²) in [6.45, 7) is -0.691. The fourth-order valence-corrected chi connectivity index (χ4v) is 3.27. The van der Waals surface area contributed by atoms with Crippen molar-refractivity contribution in [3.8, 4) is 0 Å². The largest absolute Gasteiger partial charge is 0.393 e. The molecule has 0 aliphatic carbocycles. The fourth-order valence-electron chi connectivity index (χ4n) is 1.34. The van der Waals surface area contributed by atoms with Crippen molar-refractivity contribution in [2.75, 3.05) is 12.4 Å². The van der Waals surface area contributed by atoms with E-state index in [0.717, 1.165) is 0 Å². The highest BCUT2D eigenvalue weighted by Crippen LogP contribution is 2.24. The molecule has 0 spiro atoms. The maximum atomic E-state index is 12.7. The maximum Gasteiger partial charge on any atom is 0.156 e.